The Balaban J connectivity index is 1.89. The zero-order valence-electron chi connectivity index (χ0n) is 10.2. The molecule has 1 aliphatic rings. The smallest absolute Gasteiger partial charge is 0.251 e. The number of hydrogen-bond donors (Lipinski definition) is 2. The molecule has 5 heteroatoms. The minimum Gasteiger partial charge on any atom is -0.377 e. The van der Waals surface area contributed by atoms with E-state index in [0.29, 0.717) is 25.3 Å². The van der Waals surface area contributed by atoms with Gasteiger partial charge in [-0.1, -0.05) is 12.1 Å². The molecule has 0 radical (unpaired) electrons. The minimum atomic E-state index is -0.0885. The van der Waals surface area contributed by atoms with Crippen molar-refractivity contribution in [2.24, 2.45) is 0 Å². The fraction of sp³-hybridized carbons (Fsp3) is 0.385. The van der Waals surface area contributed by atoms with E-state index in [4.69, 9.17) is 4.74 Å². The van der Waals surface area contributed by atoms with Crippen molar-refractivity contribution in [3.8, 4) is 0 Å². The fourth-order valence-electron chi connectivity index (χ4n) is 1.59. The molecular formula is C13H16N2O3. The highest BCUT2D eigenvalue weighted by Crippen LogP contribution is 2.06. The van der Waals surface area contributed by atoms with Crippen LogP contribution in [0.2, 0.25) is 0 Å². The highest BCUT2D eigenvalue weighted by Gasteiger charge is 2.20. The van der Waals surface area contributed by atoms with E-state index in [0.717, 1.165) is 5.56 Å². The normalized spacial score (nSPS) is 14.7. The molecule has 0 spiro atoms. The zero-order chi connectivity index (χ0) is 13.0. The average Bonchev–Trinajstić information content (AvgIpc) is 2.31. The number of nitrogens with one attached hydrogen (secondary N) is 2. The second-order valence-corrected chi connectivity index (χ2v) is 4.31. The van der Waals surface area contributed by atoms with Crippen LogP contribution in [0.15, 0.2) is 24.3 Å². The quantitative estimate of drug-likeness (QED) is 0.813. The Morgan fingerprint density at radius 3 is 2.44 bits per heavy atom. The predicted molar refractivity (Wildman–Crippen MR) is 66.0 cm³/mol. The summed E-state index contributed by atoms with van der Waals surface area (Å²) in [6.45, 7) is 3.13. The summed E-state index contributed by atoms with van der Waals surface area (Å²) in [7, 11) is 0. The van der Waals surface area contributed by atoms with Gasteiger partial charge in [-0.2, -0.15) is 0 Å². The molecule has 0 aliphatic carbocycles. The molecule has 0 aromatic heterocycles. The van der Waals surface area contributed by atoms with Crippen LogP contribution in [0.25, 0.3) is 0 Å². The van der Waals surface area contributed by atoms with E-state index >= 15 is 0 Å². The molecule has 1 aliphatic heterocycles. The van der Waals surface area contributed by atoms with Gasteiger partial charge >= 0.3 is 0 Å². The second kappa shape index (κ2) is 5.64. The first kappa shape index (κ1) is 12.6. The first-order chi connectivity index (χ1) is 8.65. The van der Waals surface area contributed by atoms with Crippen molar-refractivity contribution in [2.45, 2.75) is 19.5 Å². The molecule has 1 aromatic carbocycles. The second-order valence-electron chi connectivity index (χ2n) is 4.31. The minimum absolute atomic E-state index is 0.0678. The number of hydrogen-bond acceptors (Lipinski definition) is 3. The molecule has 1 aromatic rings. The number of benzene rings is 1. The van der Waals surface area contributed by atoms with E-state index in [-0.39, 0.29) is 17.9 Å². The highest BCUT2D eigenvalue weighted by atomic mass is 16.5. The van der Waals surface area contributed by atoms with Gasteiger partial charge in [0, 0.05) is 19.0 Å². The van der Waals surface area contributed by atoms with Crippen molar-refractivity contribution in [1.29, 1.82) is 0 Å². The van der Waals surface area contributed by atoms with Gasteiger partial charge < -0.3 is 15.4 Å². The van der Waals surface area contributed by atoms with Crippen molar-refractivity contribution < 1.29 is 14.3 Å². The van der Waals surface area contributed by atoms with Gasteiger partial charge in [-0.15, -0.1) is 0 Å². The third-order valence-electron chi connectivity index (χ3n) is 2.73. The fourth-order valence-corrected chi connectivity index (χ4v) is 1.59. The van der Waals surface area contributed by atoms with Crippen LogP contribution in [-0.2, 0) is 16.1 Å². The van der Waals surface area contributed by atoms with Crippen LogP contribution in [0.3, 0.4) is 0 Å². The Hall–Kier alpha value is -1.88. The molecule has 0 saturated carbocycles. The van der Waals surface area contributed by atoms with E-state index < -0.39 is 0 Å². The summed E-state index contributed by atoms with van der Waals surface area (Å²) in [5.41, 5.74) is 1.59. The summed E-state index contributed by atoms with van der Waals surface area (Å²) < 4.78 is 4.99. The third-order valence-corrected chi connectivity index (χ3v) is 2.73. The van der Waals surface area contributed by atoms with Crippen LogP contribution in [0.4, 0.5) is 0 Å². The first-order valence-electron chi connectivity index (χ1n) is 5.87. The summed E-state index contributed by atoms with van der Waals surface area (Å²) in [4.78, 5) is 22.6. The maximum absolute atomic E-state index is 11.8. The van der Waals surface area contributed by atoms with Crippen LogP contribution in [0, 0.1) is 0 Å². The van der Waals surface area contributed by atoms with Gasteiger partial charge in [0.2, 0.25) is 5.91 Å². The van der Waals surface area contributed by atoms with Gasteiger partial charge in [0.1, 0.15) is 0 Å². The van der Waals surface area contributed by atoms with Gasteiger partial charge in [-0.3, -0.25) is 9.59 Å². The summed E-state index contributed by atoms with van der Waals surface area (Å²) in [5, 5.41) is 5.57. The van der Waals surface area contributed by atoms with Crippen LogP contribution < -0.4 is 10.6 Å². The zero-order valence-corrected chi connectivity index (χ0v) is 10.2. The van der Waals surface area contributed by atoms with Crippen LogP contribution >= 0.6 is 0 Å². The Bertz CT molecular complexity index is 438. The highest BCUT2D eigenvalue weighted by molar-refractivity contribution is 5.94. The lowest BCUT2D eigenvalue weighted by Crippen LogP contribution is -2.48. The molecule has 1 fully saturated rings. The molecular weight excluding hydrogens is 232 g/mol. The van der Waals surface area contributed by atoms with Crippen LogP contribution in [0.5, 0.6) is 0 Å². The summed E-state index contributed by atoms with van der Waals surface area (Å²) >= 11 is 0. The monoisotopic (exact) mass is 248 g/mol. The Labute approximate surface area is 106 Å². The number of rotatable bonds is 4. The largest absolute Gasteiger partial charge is 0.377 e. The van der Waals surface area contributed by atoms with Crippen molar-refractivity contribution >= 4 is 11.8 Å². The third kappa shape index (κ3) is 3.30. The molecule has 1 heterocycles. The van der Waals surface area contributed by atoms with Crippen LogP contribution in [-0.4, -0.2) is 31.1 Å². The standard InChI is InChI=1S/C13H16N2O3/c1-9(16)14-6-10-2-4-11(5-3-10)13(17)15-12-7-18-8-12/h2-5,12H,6-8H2,1H3,(H,14,16)(H,15,17). The lowest BCUT2D eigenvalue weighted by Gasteiger charge is -2.26. The molecule has 0 atom stereocenters. The number of carbonyl (C=O) groups is 2. The van der Waals surface area contributed by atoms with Crippen molar-refractivity contribution in [2.75, 3.05) is 13.2 Å². The van der Waals surface area contributed by atoms with Gasteiger partial charge in [-0.25, -0.2) is 0 Å². The SMILES string of the molecule is CC(=O)NCc1ccc(C(=O)NC2COC2)cc1. The molecule has 2 amide bonds. The Kier molecular flexibility index (Phi) is 3.94. The summed E-state index contributed by atoms with van der Waals surface area (Å²) in [6, 6.07) is 7.32. The van der Waals surface area contributed by atoms with E-state index in [1.165, 1.54) is 6.92 Å². The van der Waals surface area contributed by atoms with Gasteiger partial charge in [0.15, 0.2) is 0 Å². The van der Waals surface area contributed by atoms with Crippen molar-refractivity contribution in [3.63, 3.8) is 0 Å². The van der Waals surface area contributed by atoms with Crippen molar-refractivity contribution in [3.05, 3.63) is 35.4 Å². The molecule has 96 valence electrons. The number of amides is 2. The summed E-state index contributed by atoms with van der Waals surface area (Å²) in [6.07, 6.45) is 0. The molecule has 5 nitrogen and oxygen atoms in total. The summed E-state index contributed by atoms with van der Waals surface area (Å²) in [5.74, 6) is -0.156. The predicted octanol–water partition coefficient (Wildman–Crippen LogP) is 0.451. The molecule has 2 rings (SSSR count). The van der Waals surface area contributed by atoms with Gasteiger partial charge in [0.05, 0.1) is 19.3 Å². The van der Waals surface area contributed by atoms with E-state index in [9.17, 15) is 9.59 Å². The average molecular weight is 248 g/mol. The van der Waals surface area contributed by atoms with Crippen molar-refractivity contribution in [1.82, 2.24) is 10.6 Å². The number of carbonyl (C=O) groups excluding carboxylic acids is 2. The van der Waals surface area contributed by atoms with Crippen LogP contribution in [0.1, 0.15) is 22.8 Å². The number of ether oxygens (including phenoxy) is 1. The first-order valence-corrected chi connectivity index (χ1v) is 5.87. The maximum Gasteiger partial charge on any atom is 0.251 e. The van der Waals surface area contributed by atoms with Gasteiger partial charge in [0.25, 0.3) is 5.91 Å². The molecule has 0 unspecified atom stereocenters. The van der Waals surface area contributed by atoms with E-state index in [1.807, 2.05) is 12.1 Å². The molecule has 1 saturated heterocycles. The lowest BCUT2D eigenvalue weighted by molar-refractivity contribution is -0.119. The molecule has 0 bridgehead atoms. The molecule has 2 N–H and O–H groups in total. The maximum atomic E-state index is 11.8. The van der Waals surface area contributed by atoms with Gasteiger partial charge in [-0.05, 0) is 17.7 Å². The Morgan fingerprint density at radius 2 is 1.94 bits per heavy atom. The van der Waals surface area contributed by atoms with E-state index in [1.54, 1.807) is 12.1 Å². The van der Waals surface area contributed by atoms with E-state index in [2.05, 4.69) is 10.6 Å². The topological polar surface area (TPSA) is 67.4 Å². The molecule has 18 heavy (non-hydrogen) atoms. The Morgan fingerprint density at radius 1 is 1.28 bits per heavy atom. The lowest BCUT2D eigenvalue weighted by atomic mass is 10.1.